The zero-order chi connectivity index (χ0) is 21.6. The third-order valence-electron chi connectivity index (χ3n) is 5.33. The average molecular weight is 432 g/mol. The average Bonchev–Trinajstić information content (AvgIpc) is 2.78. The maximum Gasteiger partial charge on any atom is 0.337 e. The van der Waals surface area contributed by atoms with E-state index in [9.17, 15) is 13.2 Å². The minimum Gasteiger partial charge on any atom is -0.465 e. The number of ether oxygens (including phenoxy) is 1. The minimum atomic E-state index is -3.28. The van der Waals surface area contributed by atoms with E-state index in [4.69, 9.17) is 4.74 Å². The van der Waals surface area contributed by atoms with Crippen molar-refractivity contribution in [3.05, 3.63) is 59.7 Å². The van der Waals surface area contributed by atoms with Crippen LogP contribution in [0.25, 0.3) is 0 Å². The van der Waals surface area contributed by atoms with E-state index in [1.165, 1.54) is 7.11 Å². The molecule has 1 heterocycles. The van der Waals surface area contributed by atoms with Gasteiger partial charge in [0.25, 0.3) is 0 Å². The minimum absolute atomic E-state index is 0.0553. The quantitative estimate of drug-likeness (QED) is 0.625. The fraction of sp³-hybridized carbons (Fsp3) is 0.409. The highest BCUT2D eigenvalue weighted by Gasteiger charge is 2.19. The number of sulfonamides is 1. The number of nitrogens with zero attached hydrogens (tertiary/aromatic N) is 1. The molecule has 0 aliphatic carbocycles. The third-order valence-corrected chi connectivity index (χ3v) is 6.64. The lowest BCUT2D eigenvalue weighted by Gasteiger charge is -2.34. The molecule has 8 heteroatoms. The van der Waals surface area contributed by atoms with E-state index < -0.39 is 10.0 Å². The molecular weight excluding hydrogens is 402 g/mol. The van der Waals surface area contributed by atoms with E-state index in [1.807, 2.05) is 30.3 Å². The first-order valence-corrected chi connectivity index (χ1v) is 11.8. The number of rotatable bonds is 8. The molecular formula is C22H29N3O4S. The van der Waals surface area contributed by atoms with Crippen molar-refractivity contribution < 1.29 is 17.9 Å². The number of benzene rings is 2. The highest BCUT2D eigenvalue weighted by Crippen LogP contribution is 2.24. The number of hydrogen-bond donors (Lipinski definition) is 2. The number of methoxy groups -OCH3 is 1. The smallest absolute Gasteiger partial charge is 0.337 e. The van der Waals surface area contributed by atoms with Crippen LogP contribution in [0.4, 0.5) is 11.4 Å². The van der Waals surface area contributed by atoms with Crippen LogP contribution in [0.15, 0.2) is 48.5 Å². The van der Waals surface area contributed by atoms with Gasteiger partial charge in [0.1, 0.15) is 0 Å². The molecule has 162 valence electrons. The van der Waals surface area contributed by atoms with Crippen molar-refractivity contribution in [2.24, 2.45) is 0 Å². The summed E-state index contributed by atoms with van der Waals surface area (Å²) in [7, 11) is -1.90. The molecule has 0 bridgehead atoms. The molecule has 30 heavy (non-hydrogen) atoms. The molecule has 2 aromatic carbocycles. The first kappa shape index (κ1) is 22.1. The fourth-order valence-electron chi connectivity index (χ4n) is 3.50. The number of nitrogens with one attached hydrogen (secondary N) is 2. The predicted molar refractivity (Wildman–Crippen MR) is 119 cm³/mol. The molecule has 0 aromatic heterocycles. The monoisotopic (exact) mass is 431 g/mol. The lowest BCUT2D eigenvalue weighted by atomic mass is 10.0. The number of hydrogen-bond acceptors (Lipinski definition) is 6. The van der Waals surface area contributed by atoms with Crippen LogP contribution in [-0.2, 0) is 21.3 Å². The van der Waals surface area contributed by atoms with Crippen molar-refractivity contribution in [1.29, 1.82) is 0 Å². The largest absolute Gasteiger partial charge is 0.465 e. The molecule has 0 spiro atoms. The highest BCUT2D eigenvalue weighted by atomic mass is 32.2. The van der Waals surface area contributed by atoms with Crippen molar-refractivity contribution in [2.45, 2.75) is 32.4 Å². The Bertz CT molecular complexity index is 953. The molecule has 2 aromatic rings. The van der Waals surface area contributed by atoms with E-state index in [-0.39, 0.29) is 11.7 Å². The van der Waals surface area contributed by atoms with E-state index in [0.717, 1.165) is 43.7 Å². The summed E-state index contributed by atoms with van der Waals surface area (Å²) in [6, 6.07) is 15.4. The van der Waals surface area contributed by atoms with E-state index in [1.54, 1.807) is 25.1 Å². The molecule has 0 radical (unpaired) electrons. The summed E-state index contributed by atoms with van der Waals surface area (Å²) < 4.78 is 30.9. The summed E-state index contributed by atoms with van der Waals surface area (Å²) >= 11 is 0. The van der Waals surface area contributed by atoms with Gasteiger partial charge in [-0.1, -0.05) is 18.2 Å². The Morgan fingerprint density at radius 3 is 2.47 bits per heavy atom. The number of carbonyl (C=O) groups is 1. The van der Waals surface area contributed by atoms with Crippen LogP contribution < -0.4 is 14.9 Å². The number of carbonyl (C=O) groups excluding carboxylic acids is 1. The molecule has 0 unspecified atom stereocenters. The predicted octanol–water partition coefficient (Wildman–Crippen LogP) is 2.99. The molecule has 1 aliphatic heterocycles. The Labute approximate surface area is 178 Å². The van der Waals surface area contributed by atoms with E-state index >= 15 is 0 Å². The van der Waals surface area contributed by atoms with Crippen LogP contribution in [0.2, 0.25) is 0 Å². The van der Waals surface area contributed by atoms with Gasteiger partial charge in [0.15, 0.2) is 0 Å². The Hall–Kier alpha value is -2.58. The van der Waals surface area contributed by atoms with Crippen LogP contribution in [0.3, 0.4) is 0 Å². The summed E-state index contributed by atoms with van der Waals surface area (Å²) in [4.78, 5) is 13.8. The zero-order valence-electron chi connectivity index (χ0n) is 17.4. The second kappa shape index (κ2) is 9.95. The van der Waals surface area contributed by atoms with Crippen LogP contribution in [0.5, 0.6) is 0 Å². The second-order valence-electron chi connectivity index (χ2n) is 7.39. The molecule has 0 amide bonds. The van der Waals surface area contributed by atoms with Gasteiger partial charge in [-0.25, -0.2) is 13.2 Å². The van der Waals surface area contributed by atoms with Gasteiger partial charge < -0.3 is 15.0 Å². The Kier molecular flexibility index (Phi) is 7.33. The molecule has 1 saturated heterocycles. The molecule has 1 aliphatic rings. The number of esters is 1. The van der Waals surface area contributed by atoms with Crippen LogP contribution in [-0.4, -0.2) is 46.4 Å². The van der Waals surface area contributed by atoms with Gasteiger partial charge >= 0.3 is 5.97 Å². The highest BCUT2D eigenvalue weighted by molar-refractivity contribution is 7.92. The SMILES string of the molecule is CCS(=O)(=O)Nc1cccc(N2CCC(NCc3ccc(C(=O)OC)cc3)CC2)c1. The van der Waals surface area contributed by atoms with Gasteiger partial charge in [0.2, 0.25) is 10.0 Å². The van der Waals surface area contributed by atoms with Crippen molar-refractivity contribution in [2.75, 3.05) is 35.6 Å². The van der Waals surface area contributed by atoms with Crippen LogP contribution >= 0.6 is 0 Å². The van der Waals surface area contributed by atoms with Gasteiger partial charge in [-0.05, 0) is 55.7 Å². The standard InChI is InChI=1S/C22H29N3O4S/c1-3-30(27,28)24-20-5-4-6-21(15-20)25-13-11-19(12-14-25)23-16-17-7-9-18(10-8-17)22(26)29-2/h4-10,15,19,23-24H,3,11-14,16H2,1-2H3. The Morgan fingerprint density at radius 2 is 1.83 bits per heavy atom. The Morgan fingerprint density at radius 1 is 1.13 bits per heavy atom. The Balaban J connectivity index is 1.50. The van der Waals surface area contributed by atoms with Gasteiger partial charge in [-0.3, -0.25) is 4.72 Å². The number of anilines is 2. The molecule has 3 rings (SSSR count). The van der Waals surface area contributed by atoms with Crippen LogP contribution in [0.1, 0.15) is 35.7 Å². The van der Waals surface area contributed by atoms with Crippen molar-refractivity contribution in [1.82, 2.24) is 5.32 Å². The van der Waals surface area contributed by atoms with Crippen LogP contribution in [0, 0.1) is 0 Å². The lowest BCUT2D eigenvalue weighted by molar-refractivity contribution is 0.0600. The van der Waals surface area contributed by atoms with E-state index in [0.29, 0.717) is 17.3 Å². The first-order valence-electron chi connectivity index (χ1n) is 10.2. The van der Waals surface area contributed by atoms with Gasteiger partial charge in [0, 0.05) is 31.4 Å². The van der Waals surface area contributed by atoms with Crippen molar-refractivity contribution in [3.63, 3.8) is 0 Å². The maximum atomic E-state index is 11.8. The molecule has 2 N–H and O–H groups in total. The normalized spacial score (nSPS) is 15.1. The van der Waals surface area contributed by atoms with Crippen molar-refractivity contribution in [3.8, 4) is 0 Å². The fourth-order valence-corrected chi connectivity index (χ4v) is 4.13. The summed E-state index contributed by atoms with van der Waals surface area (Å²) in [5.74, 6) is -0.270. The molecule has 7 nitrogen and oxygen atoms in total. The van der Waals surface area contributed by atoms with Gasteiger partial charge in [-0.15, -0.1) is 0 Å². The topological polar surface area (TPSA) is 87.7 Å². The summed E-state index contributed by atoms with van der Waals surface area (Å²) in [6.45, 7) is 4.18. The zero-order valence-corrected chi connectivity index (χ0v) is 18.2. The second-order valence-corrected chi connectivity index (χ2v) is 9.40. The molecule has 0 atom stereocenters. The molecule has 0 saturated carbocycles. The number of piperidine rings is 1. The summed E-state index contributed by atoms with van der Waals surface area (Å²) in [5, 5.41) is 3.59. The summed E-state index contributed by atoms with van der Waals surface area (Å²) in [6.07, 6.45) is 2.01. The molecule has 1 fully saturated rings. The van der Waals surface area contributed by atoms with Crippen molar-refractivity contribution >= 4 is 27.4 Å². The third kappa shape index (κ3) is 5.96. The van der Waals surface area contributed by atoms with E-state index in [2.05, 4.69) is 14.9 Å². The first-order chi connectivity index (χ1) is 14.4. The maximum absolute atomic E-state index is 11.8. The van der Waals surface area contributed by atoms with Gasteiger partial charge in [0.05, 0.1) is 24.1 Å². The lowest BCUT2D eigenvalue weighted by Crippen LogP contribution is -2.42. The van der Waals surface area contributed by atoms with Gasteiger partial charge in [-0.2, -0.15) is 0 Å². The summed E-state index contributed by atoms with van der Waals surface area (Å²) in [5.41, 5.74) is 3.31.